The standard InChI is InChI=1S/C16H18FN3O3/c17-13-4-2-1-3-11(13)5-6-14(21)19-8-7-12(10-19)20-15(22)9-18-16(20)23/h1-4,12H,5-10H2,(H,18,23). The number of hydrogen-bond acceptors (Lipinski definition) is 3. The van der Waals surface area contributed by atoms with Crippen molar-refractivity contribution in [1.82, 2.24) is 15.1 Å². The molecule has 4 amide bonds. The van der Waals surface area contributed by atoms with Crippen LogP contribution >= 0.6 is 0 Å². The number of nitrogens with one attached hydrogen (secondary N) is 1. The van der Waals surface area contributed by atoms with Crippen molar-refractivity contribution < 1.29 is 18.8 Å². The van der Waals surface area contributed by atoms with Gasteiger partial charge in [0.15, 0.2) is 0 Å². The number of carbonyl (C=O) groups excluding carboxylic acids is 3. The summed E-state index contributed by atoms with van der Waals surface area (Å²) in [5.41, 5.74) is 0.519. The molecule has 0 aromatic heterocycles. The molecule has 2 aliphatic heterocycles. The minimum Gasteiger partial charge on any atom is -0.341 e. The van der Waals surface area contributed by atoms with Crippen LogP contribution in [0.2, 0.25) is 0 Å². The molecule has 1 atom stereocenters. The molecule has 2 fully saturated rings. The van der Waals surface area contributed by atoms with Crippen LogP contribution in [0.3, 0.4) is 0 Å². The molecule has 0 bridgehead atoms. The molecule has 0 radical (unpaired) electrons. The van der Waals surface area contributed by atoms with E-state index in [1.54, 1.807) is 23.1 Å². The van der Waals surface area contributed by atoms with Crippen LogP contribution in [0.25, 0.3) is 0 Å². The van der Waals surface area contributed by atoms with Crippen molar-refractivity contribution in [3.05, 3.63) is 35.6 Å². The van der Waals surface area contributed by atoms with Crippen molar-refractivity contribution in [2.24, 2.45) is 0 Å². The largest absolute Gasteiger partial charge is 0.341 e. The fourth-order valence-corrected chi connectivity index (χ4v) is 3.08. The maximum atomic E-state index is 13.6. The van der Waals surface area contributed by atoms with Crippen LogP contribution in [0.15, 0.2) is 24.3 Å². The van der Waals surface area contributed by atoms with Crippen molar-refractivity contribution in [2.45, 2.75) is 25.3 Å². The second-order valence-corrected chi connectivity index (χ2v) is 5.80. The van der Waals surface area contributed by atoms with Gasteiger partial charge in [0.05, 0.1) is 12.6 Å². The van der Waals surface area contributed by atoms with E-state index < -0.39 is 0 Å². The molecule has 2 aliphatic rings. The molecular formula is C16H18FN3O3. The van der Waals surface area contributed by atoms with E-state index in [2.05, 4.69) is 5.32 Å². The van der Waals surface area contributed by atoms with E-state index in [0.717, 1.165) is 0 Å². The Morgan fingerprint density at radius 2 is 2.09 bits per heavy atom. The zero-order chi connectivity index (χ0) is 16.4. The van der Waals surface area contributed by atoms with E-state index in [9.17, 15) is 18.8 Å². The van der Waals surface area contributed by atoms with Gasteiger partial charge in [-0.15, -0.1) is 0 Å². The molecule has 122 valence electrons. The average molecular weight is 319 g/mol. The Kier molecular flexibility index (Phi) is 4.27. The number of imide groups is 1. The number of rotatable bonds is 4. The molecule has 7 heteroatoms. The molecule has 1 aromatic rings. The number of likely N-dealkylation sites (tertiary alicyclic amines) is 1. The second-order valence-electron chi connectivity index (χ2n) is 5.80. The third kappa shape index (κ3) is 3.18. The van der Waals surface area contributed by atoms with Gasteiger partial charge in [-0.2, -0.15) is 0 Å². The first-order valence-electron chi connectivity index (χ1n) is 7.67. The topological polar surface area (TPSA) is 69.7 Å². The monoisotopic (exact) mass is 319 g/mol. The van der Waals surface area contributed by atoms with Gasteiger partial charge in [-0.05, 0) is 24.5 Å². The first-order valence-corrected chi connectivity index (χ1v) is 7.67. The molecule has 1 unspecified atom stereocenters. The number of aryl methyl sites for hydroxylation is 1. The Morgan fingerprint density at radius 1 is 1.30 bits per heavy atom. The van der Waals surface area contributed by atoms with Crippen molar-refractivity contribution in [3.63, 3.8) is 0 Å². The second kappa shape index (κ2) is 6.36. The van der Waals surface area contributed by atoms with E-state index in [-0.39, 0.29) is 42.7 Å². The summed E-state index contributed by atoms with van der Waals surface area (Å²) in [5, 5.41) is 2.49. The lowest BCUT2D eigenvalue weighted by Gasteiger charge is -2.21. The van der Waals surface area contributed by atoms with Crippen LogP contribution in [0.1, 0.15) is 18.4 Å². The Bertz CT molecular complexity index is 633. The summed E-state index contributed by atoms with van der Waals surface area (Å²) in [7, 11) is 0. The molecule has 2 heterocycles. The molecule has 0 spiro atoms. The Labute approximate surface area is 133 Å². The summed E-state index contributed by atoms with van der Waals surface area (Å²) in [6, 6.07) is 5.75. The summed E-state index contributed by atoms with van der Waals surface area (Å²) in [6.07, 6.45) is 1.15. The van der Waals surface area contributed by atoms with Gasteiger partial charge < -0.3 is 10.2 Å². The quantitative estimate of drug-likeness (QED) is 0.839. The van der Waals surface area contributed by atoms with Crippen molar-refractivity contribution >= 4 is 17.8 Å². The lowest BCUT2D eigenvalue weighted by atomic mass is 10.1. The highest BCUT2D eigenvalue weighted by atomic mass is 19.1. The fraction of sp³-hybridized carbons (Fsp3) is 0.438. The maximum absolute atomic E-state index is 13.6. The minimum atomic E-state index is -0.388. The highest BCUT2D eigenvalue weighted by Crippen LogP contribution is 2.19. The summed E-state index contributed by atoms with van der Waals surface area (Å²) in [4.78, 5) is 38.4. The molecule has 6 nitrogen and oxygen atoms in total. The SMILES string of the molecule is O=C(CCc1ccccc1F)N1CCC(N2C(=O)CNC2=O)C1. The molecule has 2 saturated heterocycles. The number of nitrogens with zero attached hydrogens (tertiary/aromatic N) is 2. The van der Waals surface area contributed by atoms with E-state index in [0.29, 0.717) is 31.5 Å². The molecule has 1 N–H and O–H groups in total. The lowest BCUT2D eigenvalue weighted by molar-refractivity contribution is -0.131. The average Bonchev–Trinajstić information content (AvgIpc) is 3.13. The zero-order valence-corrected chi connectivity index (χ0v) is 12.6. The van der Waals surface area contributed by atoms with Crippen LogP contribution in [-0.2, 0) is 16.0 Å². The van der Waals surface area contributed by atoms with Gasteiger partial charge >= 0.3 is 6.03 Å². The summed E-state index contributed by atoms with van der Waals surface area (Å²) < 4.78 is 13.6. The molecule has 0 aliphatic carbocycles. The summed E-state index contributed by atoms with van der Waals surface area (Å²) in [5.74, 6) is -0.637. The number of halogens is 1. The summed E-state index contributed by atoms with van der Waals surface area (Å²) in [6.45, 7) is 0.893. The molecule has 23 heavy (non-hydrogen) atoms. The molecular weight excluding hydrogens is 301 g/mol. The van der Waals surface area contributed by atoms with Crippen LogP contribution in [0, 0.1) is 5.82 Å². The first kappa shape index (κ1) is 15.5. The van der Waals surface area contributed by atoms with Gasteiger partial charge in [0, 0.05) is 19.5 Å². The van der Waals surface area contributed by atoms with Crippen molar-refractivity contribution in [2.75, 3.05) is 19.6 Å². The maximum Gasteiger partial charge on any atom is 0.324 e. The highest BCUT2D eigenvalue weighted by Gasteiger charge is 2.39. The third-order valence-corrected chi connectivity index (χ3v) is 4.33. The minimum absolute atomic E-state index is 0.0244. The van der Waals surface area contributed by atoms with Crippen LogP contribution in [0.4, 0.5) is 9.18 Å². The van der Waals surface area contributed by atoms with Gasteiger partial charge in [0.1, 0.15) is 5.82 Å². The van der Waals surface area contributed by atoms with Gasteiger partial charge in [0.2, 0.25) is 11.8 Å². The number of carbonyl (C=O) groups is 3. The number of urea groups is 1. The van der Waals surface area contributed by atoms with Crippen LogP contribution < -0.4 is 5.32 Å². The van der Waals surface area contributed by atoms with E-state index in [4.69, 9.17) is 0 Å². The van der Waals surface area contributed by atoms with Gasteiger partial charge in [-0.25, -0.2) is 9.18 Å². The number of amides is 4. The fourth-order valence-electron chi connectivity index (χ4n) is 3.08. The Hall–Kier alpha value is -2.44. The van der Waals surface area contributed by atoms with E-state index in [1.807, 2.05) is 0 Å². The highest BCUT2D eigenvalue weighted by molar-refractivity contribution is 6.02. The van der Waals surface area contributed by atoms with Crippen LogP contribution in [0.5, 0.6) is 0 Å². The Balaban J connectivity index is 1.54. The number of hydrogen-bond donors (Lipinski definition) is 1. The van der Waals surface area contributed by atoms with Crippen molar-refractivity contribution in [3.8, 4) is 0 Å². The smallest absolute Gasteiger partial charge is 0.324 e. The lowest BCUT2D eigenvalue weighted by Crippen LogP contribution is -2.42. The predicted octanol–water partition coefficient (Wildman–Crippen LogP) is 0.911. The van der Waals surface area contributed by atoms with Crippen molar-refractivity contribution in [1.29, 1.82) is 0 Å². The molecule has 3 rings (SSSR count). The first-order chi connectivity index (χ1) is 11.1. The molecule has 0 saturated carbocycles. The molecule has 1 aromatic carbocycles. The number of benzene rings is 1. The normalized spacial score (nSPS) is 21.0. The predicted molar refractivity (Wildman–Crippen MR) is 80.0 cm³/mol. The van der Waals surface area contributed by atoms with E-state index >= 15 is 0 Å². The van der Waals surface area contributed by atoms with Gasteiger partial charge in [0.25, 0.3) is 0 Å². The summed E-state index contributed by atoms with van der Waals surface area (Å²) >= 11 is 0. The van der Waals surface area contributed by atoms with Crippen LogP contribution in [-0.4, -0.2) is 53.3 Å². The van der Waals surface area contributed by atoms with Gasteiger partial charge in [-0.3, -0.25) is 14.5 Å². The van der Waals surface area contributed by atoms with Gasteiger partial charge in [-0.1, -0.05) is 18.2 Å². The third-order valence-electron chi connectivity index (χ3n) is 4.33. The zero-order valence-electron chi connectivity index (χ0n) is 12.6. The van der Waals surface area contributed by atoms with E-state index in [1.165, 1.54) is 11.0 Å². The Morgan fingerprint density at radius 3 is 2.78 bits per heavy atom.